The molecule has 0 saturated carbocycles. The molecule has 0 nitrogen and oxygen atoms in total. The van der Waals surface area contributed by atoms with Crippen molar-refractivity contribution in [2.24, 2.45) is 0 Å². The van der Waals surface area contributed by atoms with Crippen LogP contribution in [0.3, 0.4) is 0 Å². The summed E-state index contributed by atoms with van der Waals surface area (Å²) < 4.78 is 0. The maximum Gasteiger partial charge on any atom is -0.000763 e. The van der Waals surface area contributed by atoms with E-state index in [4.69, 9.17) is 0 Å². The molecule has 1 radical (unpaired) electrons. The third-order valence-corrected chi connectivity index (χ3v) is 5.93. The van der Waals surface area contributed by atoms with Crippen molar-refractivity contribution in [3.8, 4) is 22.3 Å². The van der Waals surface area contributed by atoms with E-state index in [0.717, 1.165) is 10.9 Å². The van der Waals surface area contributed by atoms with Crippen LogP contribution in [0.25, 0.3) is 54.6 Å². The number of hydrogen-bond donors (Lipinski definition) is 0. The molecule has 0 heteroatoms. The minimum Gasteiger partial charge on any atom is -0.0616 e. The Morgan fingerprint density at radius 2 is 0.933 bits per heavy atom. The van der Waals surface area contributed by atoms with E-state index in [0.29, 0.717) is 0 Å². The van der Waals surface area contributed by atoms with E-state index in [1.54, 1.807) is 0 Å². The summed E-state index contributed by atoms with van der Waals surface area (Å²) in [5.41, 5.74) is 4.85. The van der Waals surface area contributed by atoms with Gasteiger partial charge in [0.1, 0.15) is 0 Å². The zero-order chi connectivity index (χ0) is 19.9. The van der Waals surface area contributed by atoms with Crippen LogP contribution >= 0.6 is 0 Å². The molecule has 0 amide bonds. The van der Waals surface area contributed by atoms with E-state index in [1.807, 2.05) is 0 Å². The lowest BCUT2D eigenvalue weighted by atomic mass is 9.87. The average Bonchev–Trinajstić information content (AvgIpc) is 2.82. The van der Waals surface area contributed by atoms with E-state index >= 15 is 0 Å². The first kappa shape index (κ1) is 17.0. The van der Waals surface area contributed by atoms with Crippen LogP contribution in [0.2, 0.25) is 0 Å². The van der Waals surface area contributed by atoms with Crippen molar-refractivity contribution in [2.45, 2.75) is 0 Å². The van der Waals surface area contributed by atoms with Gasteiger partial charge < -0.3 is 0 Å². The molecular formula is C30H19. The highest BCUT2D eigenvalue weighted by Crippen LogP contribution is 2.40. The molecule has 0 unspecified atom stereocenters. The van der Waals surface area contributed by atoms with Gasteiger partial charge in [0.25, 0.3) is 0 Å². The predicted molar refractivity (Wildman–Crippen MR) is 129 cm³/mol. The molecule has 0 bridgehead atoms. The summed E-state index contributed by atoms with van der Waals surface area (Å²) >= 11 is 0. The van der Waals surface area contributed by atoms with Crippen molar-refractivity contribution in [3.05, 3.63) is 121 Å². The van der Waals surface area contributed by atoms with Gasteiger partial charge in [-0.05, 0) is 66.7 Å². The molecule has 6 aromatic rings. The Morgan fingerprint density at radius 3 is 1.67 bits per heavy atom. The fraction of sp³-hybridized carbons (Fsp3) is 0. The second kappa shape index (κ2) is 6.86. The zero-order valence-electron chi connectivity index (χ0n) is 16.5. The molecule has 30 heavy (non-hydrogen) atoms. The maximum absolute atomic E-state index is 3.77. The Balaban J connectivity index is 1.76. The van der Waals surface area contributed by atoms with Crippen molar-refractivity contribution < 1.29 is 0 Å². The van der Waals surface area contributed by atoms with Crippen LogP contribution in [0.15, 0.2) is 115 Å². The average molecular weight is 379 g/mol. The molecular weight excluding hydrogens is 360 g/mol. The first-order chi connectivity index (χ1) is 14.9. The van der Waals surface area contributed by atoms with Crippen LogP contribution in [0.4, 0.5) is 0 Å². The molecule has 0 atom stereocenters. The van der Waals surface area contributed by atoms with Crippen LogP contribution in [0.1, 0.15) is 0 Å². The van der Waals surface area contributed by atoms with Crippen molar-refractivity contribution >= 4 is 32.3 Å². The van der Waals surface area contributed by atoms with Crippen LogP contribution < -0.4 is 0 Å². The molecule has 0 aromatic heterocycles. The Bertz CT molecular complexity index is 1410. The SMILES string of the molecule is [c]1c(-c2cccc3ccccc23)c(-c2cccc3ccccc23)cc2ccccc12. The summed E-state index contributed by atoms with van der Waals surface area (Å²) in [6, 6.07) is 44.9. The molecule has 0 heterocycles. The molecule has 6 aromatic carbocycles. The Hall–Kier alpha value is -3.90. The van der Waals surface area contributed by atoms with Crippen molar-refractivity contribution in [1.29, 1.82) is 0 Å². The Morgan fingerprint density at radius 1 is 0.400 bits per heavy atom. The van der Waals surface area contributed by atoms with Crippen LogP contribution in [0, 0.1) is 6.07 Å². The first-order valence-corrected chi connectivity index (χ1v) is 10.3. The quantitative estimate of drug-likeness (QED) is 0.284. The molecule has 0 saturated heterocycles. The number of fused-ring (bicyclic) bond motifs is 3. The van der Waals surface area contributed by atoms with Gasteiger partial charge in [0.05, 0.1) is 0 Å². The molecule has 0 aliphatic carbocycles. The summed E-state index contributed by atoms with van der Waals surface area (Å²) in [6.07, 6.45) is 0. The fourth-order valence-corrected chi connectivity index (χ4v) is 4.49. The summed E-state index contributed by atoms with van der Waals surface area (Å²) in [5, 5.41) is 7.39. The molecule has 0 spiro atoms. The van der Waals surface area contributed by atoms with Crippen LogP contribution in [0.5, 0.6) is 0 Å². The molecule has 0 N–H and O–H groups in total. The van der Waals surface area contributed by atoms with Gasteiger partial charge in [0, 0.05) is 0 Å². The van der Waals surface area contributed by atoms with E-state index in [2.05, 4.69) is 121 Å². The van der Waals surface area contributed by atoms with Gasteiger partial charge in [-0.3, -0.25) is 0 Å². The zero-order valence-corrected chi connectivity index (χ0v) is 16.5. The highest BCUT2D eigenvalue weighted by molar-refractivity contribution is 6.08. The number of hydrogen-bond acceptors (Lipinski definition) is 0. The smallest absolute Gasteiger partial charge is 0.000763 e. The third kappa shape index (κ3) is 2.69. The maximum atomic E-state index is 3.77. The van der Waals surface area contributed by atoms with Crippen molar-refractivity contribution in [1.82, 2.24) is 0 Å². The summed E-state index contributed by atoms with van der Waals surface area (Å²) in [6.45, 7) is 0. The molecule has 0 fully saturated rings. The molecule has 0 aliphatic rings. The lowest BCUT2D eigenvalue weighted by Crippen LogP contribution is -1.90. The number of benzene rings is 6. The highest BCUT2D eigenvalue weighted by atomic mass is 14.2. The monoisotopic (exact) mass is 379 g/mol. The molecule has 6 rings (SSSR count). The lowest BCUT2D eigenvalue weighted by Gasteiger charge is -2.16. The second-order valence-corrected chi connectivity index (χ2v) is 7.70. The van der Waals surface area contributed by atoms with Crippen molar-refractivity contribution in [3.63, 3.8) is 0 Å². The van der Waals surface area contributed by atoms with Gasteiger partial charge in [0.15, 0.2) is 0 Å². The van der Waals surface area contributed by atoms with Crippen LogP contribution in [-0.2, 0) is 0 Å². The Labute approximate surface area is 176 Å². The standard InChI is InChI=1S/C30H19/c1-2-12-24-20-30(28-18-8-14-22-10-4-6-16-26(22)28)29(19-23(24)11-1)27-17-7-13-21-9-3-5-15-25(21)27/h1-19H. The van der Waals surface area contributed by atoms with E-state index in [9.17, 15) is 0 Å². The normalized spacial score (nSPS) is 11.3. The van der Waals surface area contributed by atoms with Gasteiger partial charge in [-0.15, -0.1) is 0 Å². The predicted octanol–water partition coefficient (Wildman–Crippen LogP) is 8.28. The lowest BCUT2D eigenvalue weighted by molar-refractivity contribution is 1.64. The molecule has 139 valence electrons. The van der Waals surface area contributed by atoms with Gasteiger partial charge in [-0.1, -0.05) is 109 Å². The van der Waals surface area contributed by atoms with E-state index in [-0.39, 0.29) is 0 Å². The summed E-state index contributed by atoms with van der Waals surface area (Å²) in [4.78, 5) is 0. The van der Waals surface area contributed by atoms with E-state index in [1.165, 1.54) is 43.6 Å². The van der Waals surface area contributed by atoms with Gasteiger partial charge in [-0.2, -0.15) is 0 Å². The first-order valence-electron chi connectivity index (χ1n) is 10.3. The third-order valence-electron chi connectivity index (χ3n) is 5.93. The topological polar surface area (TPSA) is 0 Å². The number of rotatable bonds is 2. The second-order valence-electron chi connectivity index (χ2n) is 7.70. The summed E-state index contributed by atoms with van der Waals surface area (Å²) in [7, 11) is 0. The van der Waals surface area contributed by atoms with Crippen molar-refractivity contribution in [2.75, 3.05) is 0 Å². The minimum atomic E-state index is 1.14. The highest BCUT2D eigenvalue weighted by Gasteiger charge is 2.14. The minimum absolute atomic E-state index is 1.14. The largest absolute Gasteiger partial charge is 0.0616 e. The summed E-state index contributed by atoms with van der Waals surface area (Å²) in [5.74, 6) is 0. The van der Waals surface area contributed by atoms with Gasteiger partial charge in [0.2, 0.25) is 0 Å². The fourth-order valence-electron chi connectivity index (χ4n) is 4.49. The van der Waals surface area contributed by atoms with Gasteiger partial charge >= 0.3 is 0 Å². The van der Waals surface area contributed by atoms with Gasteiger partial charge in [-0.25, -0.2) is 0 Å². The molecule has 0 aliphatic heterocycles. The van der Waals surface area contributed by atoms with E-state index < -0.39 is 0 Å². The Kier molecular flexibility index (Phi) is 3.89. The van der Waals surface area contributed by atoms with Crippen LogP contribution in [-0.4, -0.2) is 0 Å².